The fourth-order valence-electron chi connectivity index (χ4n) is 2.34. The van der Waals surface area contributed by atoms with E-state index in [-0.39, 0.29) is 19.0 Å². The number of nitrogens with one attached hydrogen (secondary N) is 1. The minimum Gasteiger partial charge on any atom is -0.497 e. The number of hydrogen-bond donors (Lipinski definition) is 1. The van der Waals surface area contributed by atoms with Gasteiger partial charge in [-0.15, -0.1) is 0 Å². The van der Waals surface area contributed by atoms with Gasteiger partial charge in [-0.1, -0.05) is 0 Å². The van der Waals surface area contributed by atoms with Gasteiger partial charge in [-0.05, 0) is 45.0 Å². The molecular formula is C17H23NO6. The number of anilines is 1. The van der Waals surface area contributed by atoms with E-state index in [0.29, 0.717) is 11.4 Å². The summed E-state index contributed by atoms with van der Waals surface area (Å²) in [5.74, 6) is -1.13. The molecule has 7 heteroatoms. The summed E-state index contributed by atoms with van der Waals surface area (Å²) in [6.07, 6.45) is -0.991. The van der Waals surface area contributed by atoms with Crippen LogP contribution in [0.25, 0.3) is 0 Å². The lowest BCUT2D eigenvalue weighted by Gasteiger charge is -2.37. The molecule has 7 nitrogen and oxygen atoms in total. The SMILES string of the molecule is CCOC(=O)C(Nc1ccc(OC)cc1)[C@@H]1OC(C)(C)OCC1=O. The highest BCUT2D eigenvalue weighted by molar-refractivity contribution is 5.93. The Bertz CT molecular complexity index is 583. The van der Waals surface area contributed by atoms with Crippen molar-refractivity contribution < 1.29 is 28.5 Å². The van der Waals surface area contributed by atoms with Gasteiger partial charge in [-0.2, -0.15) is 0 Å². The number of benzene rings is 1. The van der Waals surface area contributed by atoms with Crippen LogP contribution in [0.1, 0.15) is 20.8 Å². The minimum absolute atomic E-state index is 0.113. The van der Waals surface area contributed by atoms with Gasteiger partial charge in [0.2, 0.25) is 0 Å². The second kappa shape index (κ2) is 7.63. The highest BCUT2D eigenvalue weighted by Gasteiger charge is 2.43. The summed E-state index contributed by atoms with van der Waals surface area (Å²) in [4.78, 5) is 24.5. The van der Waals surface area contributed by atoms with Crippen LogP contribution in [0.2, 0.25) is 0 Å². The summed E-state index contributed by atoms with van der Waals surface area (Å²) in [7, 11) is 1.57. The van der Waals surface area contributed by atoms with Gasteiger partial charge in [-0.3, -0.25) is 4.79 Å². The van der Waals surface area contributed by atoms with E-state index in [9.17, 15) is 9.59 Å². The number of carbonyl (C=O) groups is 2. The monoisotopic (exact) mass is 337 g/mol. The largest absolute Gasteiger partial charge is 0.497 e. The number of ketones is 1. The van der Waals surface area contributed by atoms with Crippen LogP contribution in [0.15, 0.2) is 24.3 Å². The smallest absolute Gasteiger partial charge is 0.331 e. The van der Waals surface area contributed by atoms with Crippen LogP contribution >= 0.6 is 0 Å². The zero-order chi connectivity index (χ0) is 17.7. The Morgan fingerprint density at radius 1 is 1.38 bits per heavy atom. The molecule has 24 heavy (non-hydrogen) atoms. The van der Waals surface area contributed by atoms with Gasteiger partial charge in [-0.25, -0.2) is 4.79 Å². The molecule has 0 amide bonds. The molecule has 1 heterocycles. The zero-order valence-electron chi connectivity index (χ0n) is 14.3. The molecule has 1 aliphatic rings. The van der Waals surface area contributed by atoms with E-state index in [1.54, 1.807) is 52.1 Å². The summed E-state index contributed by atoms with van der Waals surface area (Å²) < 4.78 is 21.2. The van der Waals surface area contributed by atoms with Crippen LogP contribution in [0.5, 0.6) is 5.75 Å². The van der Waals surface area contributed by atoms with E-state index in [4.69, 9.17) is 18.9 Å². The van der Waals surface area contributed by atoms with Crippen molar-refractivity contribution >= 4 is 17.4 Å². The van der Waals surface area contributed by atoms with Crippen molar-refractivity contribution in [3.8, 4) is 5.75 Å². The van der Waals surface area contributed by atoms with Gasteiger partial charge < -0.3 is 24.3 Å². The van der Waals surface area contributed by atoms with Crippen molar-refractivity contribution in [3.63, 3.8) is 0 Å². The molecule has 1 saturated heterocycles. The number of hydrogen-bond acceptors (Lipinski definition) is 7. The topological polar surface area (TPSA) is 83.1 Å². The Morgan fingerprint density at radius 3 is 2.62 bits per heavy atom. The number of carbonyl (C=O) groups excluding carboxylic acids is 2. The van der Waals surface area contributed by atoms with E-state index >= 15 is 0 Å². The molecule has 0 aliphatic carbocycles. The summed E-state index contributed by atoms with van der Waals surface area (Å²) >= 11 is 0. The minimum atomic E-state index is -0.991. The second-order valence-corrected chi connectivity index (χ2v) is 5.80. The predicted octanol–water partition coefficient (Wildman–Crippen LogP) is 1.76. The average molecular weight is 337 g/mol. The van der Waals surface area contributed by atoms with Crippen molar-refractivity contribution in [2.24, 2.45) is 0 Å². The van der Waals surface area contributed by atoms with Crippen LogP contribution < -0.4 is 10.1 Å². The average Bonchev–Trinajstić information content (AvgIpc) is 2.56. The normalized spacial score (nSPS) is 21.0. The summed E-state index contributed by atoms with van der Waals surface area (Å²) in [5, 5.41) is 3.02. The first-order valence-corrected chi connectivity index (χ1v) is 7.78. The lowest BCUT2D eigenvalue weighted by Crippen LogP contribution is -2.56. The van der Waals surface area contributed by atoms with Crippen molar-refractivity contribution in [2.75, 3.05) is 25.6 Å². The maximum absolute atomic E-state index is 12.3. The van der Waals surface area contributed by atoms with Crippen LogP contribution in [-0.2, 0) is 23.8 Å². The fourth-order valence-corrected chi connectivity index (χ4v) is 2.34. The first-order chi connectivity index (χ1) is 11.4. The molecule has 2 rings (SSSR count). The summed E-state index contributed by atoms with van der Waals surface area (Å²) in [6.45, 7) is 5.20. The molecule has 1 unspecified atom stereocenters. The molecule has 1 fully saturated rings. The molecule has 0 bridgehead atoms. The molecule has 1 aromatic rings. The van der Waals surface area contributed by atoms with Crippen LogP contribution in [0, 0.1) is 0 Å². The third-order valence-corrected chi connectivity index (χ3v) is 3.55. The number of esters is 1. The van der Waals surface area contributed by atoms with Gasteiger partial charge in [0.05, 0.1) is 13.7 Å². The van der Waals surface area contributed by atoms with E-state index in [2.05, 4.69) is 5.32 Å². The molecule has 1 N–H and O–H groups in total. The van der Waals surface area contributed by atoms with Gasteiger partial charge in [0.1, 0.15) is 12.4 Å². The molecule has 0 spiro atoms. The van der Waals surface area contributed by atoms with Crippen molar-refractivity contribution in [1.82, 2.24) is 0 Å². The molecule has 0 saturated carbocycles. The van der Waals surface area contributed by atoms with Gasteiger partial charge in [0, 0.05) is 5.69 Å². The Morgan fingerprint density at radius 2 is 2.04 bits per heavy atom. The van der Waals surface area contributed by atoms with Gasteiger partial charge in [0.25, 0.3) is 0 Å². The lowest BCUT2D eigenvalue weighted by molar-refractivity contribution is -0.260. The van der Waals surface area contributed by atoms with Crippen LogP contribution in [0.4, 0.5) is 5.69 Å². The quantitative estimate of drug-likeness (QED) is 0.792. The number of rotatable bonds is 6. The third-order valence-electron chi connectivity index (χ3n) is 3.55. The third kappa shape index (κ3) is 4.46. The van der Waals surface area contributed by atoms with E-state index in [1.165, 1.54) is 0 Å². The Balaban J connectivity index is 2.23. The van der Waals surface area contributed by atoms with Gasteiger partial charge >= 0.3 is 5.97 Å². The second-order valence-electron chi connectivity index (χ2n) is 5.80. The van der Waals surface area contributed by atoms with Crippen LogP contribution in [-0.4, -0.2) is 50.0 Å². The maximum Gasteiger partial charge on any atom is 0.331 e. The standard InChI is InChI=1S/C17H23NO6/c1-5-22-16(20)14(15-13(19)10-23-17(2,3)24-15)18-11-6-8-12(21-4)9-7-11/h6-9,14-15,18H,5,10H2,1-4H3/t14?,15-/m1/s1. The van der Waals surface area contributed by atoms with E-state index in [0.717, 1.165) is 0 Å². The van der Waals surface area contributed by atoms with Crippen LogP contribution in [0.3, 0.4) is 0 Å². The van der Waals surface area contributed by atoms with Crippen molar-refractivity contribution in [1.29, 1.82) is 0 Å². The van der Waals surface area contributed by atoms with Crippen molar-refractivity contribution in [3.05, 3.63) is 24.3 Å². The number of ether oxygens (including phenoxy) is 4. The first-order valence-electron chi connectivity index (χ1n) is 7.78. The zero-order valence-corrected chi connectivity index (χ0v) is 14.3. The summed E-state index contributed by atoms with van der Waals surface area (Å²) in [6, 6.07) is 6.04. The first kappa shape index (κ1) is 18.2. The Kier molecular flexibility index (Phi) is 5.80. The lowest BCUT2D eigenvalue weighted by atomic mass is 10.0. The molecule has 1 aliphatic heterocycles. The predicted molar refractivity (Wildman–Crippen MR) is 86.9 cm³/mol. The molecule has 2 atom stereocenters. The van der Waals surface area contributed by atoms with E-state index in [1.807, 2.05) is 0 Å². The van der Waals surface area contributed by atoms with E-state index < -0.39 is 23.9 Å². The summed E-state index contributed by atoms with van der Waals surface area (Å²) in [5.41, 5.74) is 0.648. The maximum atomic E-state index is 12.3. The molecule has 1 aromatic carbocycles. The molecular weight excluding hydrogens is 314 g/mol. The van der Waals surface area contributed by atoms with Crippen molar-refractivity contribution in [2.45, 2.75) is 38.7 Å². The fraction of sp³-hybridized carbons (Fsp3) is 0.529. The number of Topliss-reactive ketones (excluding diaryl/α,β-unsaturated/α-hetero) is 1. The highest BCUT2D eigenvalue weighted by Crippen LogP contribution is 2.25. The Labute approximate surface area is 141 Å². The molecule has 0 aromatic heterocycles. The highest BCUT2D eigenvalue weighted by atomic mass is 16.7. The Hall–Kier alpha value is -2.12. The molecule has 132 valence electrons. The van der Waals surface area contributed by atoms with Gasteiger partial charge in [0.15, 0.2) is 23.7 Å². The number of methoxy groups -OCH3 is 1. The molecule has 0 radical (unpaired) electrons.